The standard InChI is InChI=1S/C20H30Cl2N2O4S/c1-4-16(5-2)24(13-14-28-3)20(25)15-9-11-23(12-10-15)29(26,27)19-17(21)7-6-8-18(19)22/h6-8,15-16H,4-5,9-14H2,1-3H3. The third-order valence-electron chi connectivity index (χ3n) is 5.52. The molecular weight excluding hydrogens is 435 g/mol. The Hall–Kier alpha value is -0.860. The first-order chi connectivity index (χ1) is 13.8. The van der Waals surface area contributed by atoms with Crippen molar-refractivity contribution < 1.29 is 17.9 Å². The molecule has 0 radical (unpaired) electrons. The Labute approximate surface area is 184 Å². The van der Waals surface area contributed by atoms with Crippen LogP contribution in [0, 0.1) is 5.92 Å². The van der Waals surface area contributed by atoms with E-state index >= 15 is 0 Å². The summed E-state index contributed by atoms with van der Waals surface area (Å²) in [4.78, 5) is 15.0. The van der Waals surface area contributed by atoms with Crippen molar-refractivity contribution in [3.8, 4) is 0 Å². The van der Waals surface area contributed by atoms with Crippen LogP contribution in [0.15, 0.2) is 23.1 Å². The molecule has 1 amide bonds. The molecule has 1 fully saturated rings. The summed E-state index contributed by atoms with van der Waals surface area (Å²) >= 11 is 12.2. The predicted octanol–water partition coefficient (Wildman–Crippen LogP) is 4.06. The van der Waals surface area contributed by atoms with Gasteiger partial charge in [-0.3, -0.25) is 4.79 Å². The highest BCUT2D eigenvalue weighted by Crippen LogP contribution is 2.33. The fraction of sp³-hybridized carbons (Fsp3) is 0.650. The lowest BCUT2D eigenvalue weighted by molar-refractivity contribution is -0.140. The molecule has 1 heterocycles. The van der Waals surface area contributed by atoms with Gasteiger partial charge in [0.2, 0.25) is 15.9 Å². The van der Waals surface area contributed by atoms with Crippen LogP contribution in [0.25, 0.3) is 0 Å². The second-order valence-electron chi connectivity index (χ2n) is 7.22. The summed E-state index contributed by atoms with van der Waals surface area (Å²) in [7, 11) is -2.18. The van der Waals surface area contributed by atoms with Crippen LogP contribution in [0.1, 0.15) is 39.5 Å². The van der Waals surface area contributed by atoms with Crippen LogP contribution < -0.4 is 0 Å². The van der Waals surface area contributed by atoms with Gasteiger partial charge in [-0.1, -0.05) is 43.1 Å². The molecule has 0 aromatic heterocycles. The van der Waals surface area contributed by atoms with Crippen LogP contribution in [-0.2, 0) is 19.6 Å². The third-order valence-corrected chi connectivity index (χ3v) is 8.38. The van der Waals surface area contributed by atoms with E-state index in [0.717, 1.165) is 12.8 Å². The van der Waals surface area contributed by atoms with Crippen molar-refractivity contribution >= 4 is 39.1 Å². The van der Waals surface area contributed by atoms with Gasteiger partial charge in [-0.15, -0.1) is 0 Å². The number of ether oxygens (including phenoxy) is 1. The van der Waals surface area contributed by atoms with E-state index in [9.17, 15) is 13.2 Å². The number of halogens is 2. The van der Waals surface area contributed by atoms with Crippen molar-refractivity contribution in [1.82, 2.24) is 9.21 Å². The van der Waals surface area contributed by atoms with Crippen LogP contribution in [0.3, 0.4) is 0 Å². The Balaban J connectivity index is 2.11. The average molecular weight is 465 g/mol. The molecule has 1 aliphatic rings. The molecule has 0 bridgehead atoms. The Morgan fingerprint density at radius 1 is 1.21 bits per heavy atom. The molecule has 1 aromatic rings. The first-order valence-electron chi connectivity index (χ1n) is 10.0. The number of nitrogens with zero attached hydrogens (tertiary/aromatic N) is 2. The van der Waals surface area contributed by atoms with Gasteiger partial charge in [-0.2, -0.15) is 4.31 Å². The fourth-order valence-corrected chi connectivity index (χ4v) is 6.39. The number of benzene rings is 1. The molecule has 2 rings (SSSR count). The minimum Gasteiger partial charge on any atom is -0.383 e. The summed E-state index contributed by atoms with van der Waals surface area (Å²) in [6, 6.07) is 4.81. The molecule has 0 unspecified atom stereocenters. The maximum atomic E-state index is 13.2. The summed E-state index contributed by atoms with van der Waals surface area (Å²) in [6.45, 7) is 5.71. The quantitative estimate of drug-likeness (QED) is 0.552. The summed E-state index contributed by atoms with van der Waals surface area (Å²) in [5.41, 5.74) is 0. The van der Waals surface area contributed by atoms with Crippen molar-refractivity contribution in [2.45, 2.75) is 50.5 Å². The predicted molar refractivity (Wildman–Crippen MR) is 116 cm³/mol. The van der Waals surface area contributed by atoms with Crippen LogP contribution in [0.5, 0.6) is 0 Å². The first kappa shape index (κ1) is 24.4. The maximum Gasteiger partial charge on any atom is 0.246 e. The number of amides is 1. The number of piperidine rings is 1. The zero-order valence-corrected chi connectivity index (χ0v) is 19.6. The van der Waals surface area contributed by atoms with E-state index in [-0.39, 0.29) is 45.9 Å². The summed E-state index contributed by atoms with van der Waals surface area (Å²) in [5.74, 6) is -0.107. The van der Waals surface area contributed by atoms with Gasteiger partial charge in [0.15, 0.2) is 0 Å². The normalized spacial score (nSPS) is 16.3. The summed E-state index contributed by atoms with van der Waals surface area (Å²) in [6.07, 6.45) is 2.71. The van der Waals surface area contributed by atoms with Gasteiger partial charge in [0.25, 0.3) is 0 Å². The monoisotopic (exact) mass is 464 g/mol. The van der Waals surface area contributed by atoms with Crippen LogP contribution in [0.2, 0.25) is 10.0 Å². The number of hydrogen-bond acceptors (Lipinski definition) is 4. The van der Waals surface area contributed by atoms with Gasteiger partial charge in [-0.05, 0) is 37.8 Å². The lowest BCUT2D eigenvalue weighted by Gasteiger charge is -2.37. The molecule has 0 aliphatic carbocycles. The van der Waals surface area contributed by atoms with Gasteiger partial charge in [0.1, 0.15) is 4.90 Å². The lowest BCUT2D eigenvalue weighted by Crippen LogP contribution is -2.48. The van der Waals surface area contributed by atoms with Crippen molar-refractivity contribution in [3.05, 3.63) is 28.2 Å². The number of methoxy groups -OCH3 is 1. The second-order valence-corrected chi connectivity index (χ2v) is 9.91. The van der Waals surface area contributed by atoms with E-state index in [4.69, 9.17) is 27.9 Å². The topological polar surface area (TPSA) is 66.9 Å². The highest BCUT2D eigenvalue weighted by molar-refractivity contribution is 7.89. The van der Waals surface area contributed by atoms with Gasteiger partial charge in [-0.25, -0.2) is 8.42 Å². The fourth-order valence-electron chi connectivity index (χ4n) is 3.83. The number of hydrogen-bond donors (Lipinski definition) is 0. The Morgan fingerprint density at radius 2 is 1.76 bits per heavy atom. The summed E-state index contributed by atoms with van der Waals surface area (Å²) < 4.78 is 32.6. The van der Waals surface area contributed by atoms with E-state index in [1.807, 2.05) is 4.90 Å². The van der Waals surface area contributed by atoms with E-state index < -0.39 is 10.0 Å². The minimum atomic E-state index is -3.81. The molecule has 0 N–H and O–H groups in total. The van der Waals surface area contributed by atoms with Gasteiger partial charge in [0, 0.05) is 38.7 Å². The van der Waals surface area contributed by atoms with E-state index in [0.29, 0.717) is 26.0 Å². The zero-order valence-electron chi connectivity index (χ0n) is 17.2. The number of carbonyl (C=O) groups is 1. The van der Waals surface area contributed by atoms with Crippen molar-refractivity contribution in [2.24, 2.45) is 5.92 Å². The van der Waals surface area contributed by atoms with Crippen molar-refractivity contribution in [2.75, 3.05) is 33.4 Å². The molecule has 1 aromatic carbocycles. The Morgan fingerprint density at radius 3 is 2.24 bits per heavy atom. The molecule has 29 heavy (non-hydrogen) atoms. The zero-order chi connectivity index (χ0) is 21.6. The van der Waals surface area contributed by atoms with Crippen molar-refractivity contribution in [3.63, 3.8) is 0 Å². The highest BCUT2D eigenvalue weighted by Gasteiger charge is 2.36. The van der Waals surface area contributed by atoms with E-state index in [1.165, 1.54) is 16.4 Å². The highest BCUT2D eigenvalue weighted by atomic mass is 35.5. The van der Waals surface area contributed by atoms with Gasteiger partial charge < -0.3 is 9.64 Å². The molecule has 164 valence electrons. The number of rotatable bonds is 9. The van der Waals surface area contributed by atoms with Crippen LogP contribution in [-0.4, -0.2) is 62.9 Å². The Bertz CT molecular complexity index is 771. The molecule has 6 nitrogen and oxygen atoms in total. The molecule has 1 saturated heterocycles. The average Bonchev–Trinajstić information content (AvgIpc) is 2.70. The van der Waals surface area contributed by atoms with Crippen LogP contribution >= 0.6 is 23.2 Å². The van der Waals surface area contributed by atoms with Crippen LogP contribution in [0.4, 0.5) is 0 Å². The largest absolute Gasteiger partial charge is 0.383 e. The lowest BCUT2D eigenvalue weighted by atomic mass is 9.95. The maximum absolute atomic E-state index is 13.2. The number of sulfonamides is 1. The van der Waals surface area contributed by atoms with Gasteiger partial charge in [0.05, 0.1) is 16.7 Å². The molecule has 0 saturated carbocycles. The third kappa shape index (κ3) is 5.64. The number of carbonyl (C=O) groups excluding carboxylic acids is 1. The smallest absolute Gasteiger partial charge is 0.246 e. The molecule has 1 aliphatic heterocycles. The van der Waals surface area contributed by atoms with E-state index in [1.54, 1.807) is 13.2 Å². The molecular formula is C20H30Cl2N2O4S. The minimum absolute atomic E-state index is 0.0631. The Kier molecular flexibility index (Phi) is 9.22. The molecule has 0 spiro atoms. The van der Waals surface area contributed by atoms with Gasteiger partial charge >= 0.3 is 0 Å². The molecule has 0 atom stereocenters. The summed E-state index contributed by atoms with van der Waals surface area (Å²) in [5, 5.41) is 0.213. The molecule has 9 heteroatoms. The SMILES string of the molecule is CCC(CC)N(CCOC)C(=O)C1CCN(S(=O)(=O)c2c(Cl)cccc2Cl)CC1. The van der Waals surface area contributed by atoms with E-state index in [2.05, 4.69) is 13.8 Å². The first-order valence-corrected chi connectivity index (χ1v) is 12.2. The second kappa shape index (κ2) is 11.0. The van der Waals surface area contributed by atoms with Crippen molar-refractivity contribution in [1.29, 1.82) is 0 Å².